The van der Waals surface area contributed by atoms with Crippen molar-refractivity contribution in [1.29, 1.82) is 0 Å². The summed E-state index contributed by atoms with van der Waals surface area (Å²) in [5, 5.41) is 0. The summed E-state index contributed by atoms with van der Waals surface area (Å²) in [5.41, 5.74) is 5.33. The summed E-state index contributed by atoms with van der Waals surface area (Å²) < 4.78 is 0. The zero-order valence-corrected chi connectivity index (χ0v) is 21.5. The highest BCUT2D eigenvalue weighted by Crippen LogP contribution is 2.49. The van der Waals surface area contributed by atoms with Crippen LogP contribution in [0.4, 0.5) is 11.4 Å². The molecule has 4 rings (SSSR count). The van der Waals surface area contributed by atoms with E-state index in [1.54, 1.807) is 11.3 Å². The van der Waals surface area contributed by atoms with Gasteiger partial charge in [0.1, 0.15) is 0 Å². The number of nitrogens with zero attached hydrogens (tertiary/aromatic N) is 3. The summed E-state index contributed by atoms with van der Waals surface area (Å²) in [5.74, 6) is 0.743. The van der Waals surface area contributed by atoms with E-state index < -0.39 is 0 Å². The van der Waals surface area contributed by atoms with E-state index in [0.717, 1.165) is 5.92 Å². The highest BCUT2D eigenvalue weighted by atomic mass is 15.3. The first-order valence-corrected chi connectivity index (χ1v) is 14.0. The summed E-state index contributed by atoms with van der Waals surface area (Å²) in [6.07, 6.45) is 13.6. The third-order valence-corrected chi connectivity index (χ3v) is 9.42. The van der Waals surface area contributed by atoms with Gasteiger partial charge in [-0.3, -0.25) is 4.90 Å². The van der Waals surface area contributed by atoms with E-state index in [1.165, 1.54) is 109 Å². The van der Waals surface area contributed by atoms with Crippen molar-refractivity contribution in [2.24, 2.45) is 5.41 Å². The zero-order chi connectivity index (χ0) is 22.6. The van der Waals surface area contributed by atoms with Gasteiger partial charge < -0.3 is 9.80 Å². The minimum absolute atomic E-state index is 0.614. The summed E-state index contributed by atoms with van der Waals surface area (Å²) in [6.45, 7) is 16.9. The summed E-state index contributed by atoms with van der Waals surface area (Å²) in [6, 6.07) is 8.25. The van der Waals surface area contributed by atoms with Gasteiger partial charge in [-0.2, -0.15) is 0 Å². The standard InChI is InChI=1S/C29H49N3/c1-5-8-17-30-19-21-31(22-20-30)28-12-11-26(32-18-9-10-24(32)4)23-27(28)25-13-15-29(6-2,7-3)16-14-25/h11-12,23-25H,5-10,13-22H2,1-4H3/t24-/m1/s1. The molecule has 2 aliphatic heterocycles. The molecule has 3 nitrogen and oxygen atoms in total. The lowest BCUT2D eigenvalue weighted by Gasteiger charge is -2.42. The Morgan fingerprint density at radius 1 is 0.906 bits per heavy atom. The topological polar surface area (TPSA) is 9.72 Å². The molecule has 0 radical (unpaired) electrons. The fourth-order valence-electron chi connectivity index (χ4n) is 6.74. The smallest absolute Gasteiger partial charge is 0.0404 e. The van der Waals surface area contributed by atoms with Crippen LogP contribution in [0, 0.1) is 5.41 Å². The molecule has 1 aromatic rings. The molecule has 0 N–H and O–H groups in total. The molecule has 0 amide bonds. The molecule has 1 aliphatic carbocycles. The van der Waals surface area contributed by atoms with Crippen LogP contribution in [-0.2, 0) is 0 Å². The molecule has 3 heteroatoms. The van der Waals surface area contributed by atoms with E-state index in [2.05, 4.69) is 60.6 Å². The predicted molar refractivity (Wildman–Crippen MR) is 140 cm³/mol. The Bertz CT molecular complexity index is 707. The Labute approximate surface area is 198 Å². The second-order valence-corrected chi connectivity index (χ2v) is 11.1. The maximum Gasteiger partial charge on any atom is 0.0404 e. The predicted octanol–water partition coefficient (Wildman–Crippen LogP) is 7.06. The van der Waals surface area contributed by atoms with E-state index in [1.807, 2.05) is 0 Å². The molecule has 1 saturated carbocycles. The van der Waals surface area contributed by atoms with Crippen molar-refractivity contribution in [2.45, 2.75) is 104 Å². The lowest BCUT2D eigenvalue weighted by Crippen LogP contribution is -2.47. The average Bonchev–Trinajstić information content (AvgIpc) is 3.28. The van der Waals surface area contributed by atoms with Crippen molar-refractivity contribution in [3.05, 3.63) is 23.8 Å². The molecule has 180 valence electrons. The molecule has 3 aliphatic rings. The van der Waals surface area contributed by atoms with Gasteiger partial charge in [-0.1, -0.05) is 40.0 Å². The van der Waals surface area contributed by atoms with Crippen LogP contribution >= 0.6 is 0 Å². The molecule has 1 atom stereocenters. The van der Waals surface area contributed by atoms with Gasteiger partial charge in [0.2, 0.25) is 0 Å². The van der Waals surface area contributed by atoms with Crippen LogP contribution in [0.3, 0.4) is 0 Å². The van der Waals surface area contributed by atoms with Crippen LogP contribution in [-0.4, -0.2) is 50.2 Å². The van der Waals surface area contributed by atoms with Gasteiger partial charge in [-0.05, 0) is 93.5 Å². The van der Waals surface area contributed by atoms with Crippen LogP contribution in [0.1, 0.15) is 103 Å². The van der Waals surface area contributed by atoms with Crippen LogP contribution < -0.4 is 9.80 Å². The van der Waals surface area contributed by atoms with Gasteiger partial charge in [0.25, 0.3) is 0 Å². The third-order valence-electron chi connectivity index (χ3n) is 9.42. The minimum atomic E-state index is 0.614. The lowest BCUT2D eigenvalue weighted by atomic mass is 9.66. The highest BCUT2D eigenvalue weighted by Gasteiger charge is 2.34. The summed E-state index contributed by atoms with van der Waals surface area (Å²) in [7, 11) is 0. The fraction of sp³-hybridized carbons (Fsp3) is 0.793. The number of benzene rings is 1. The molecule has 2 saturated heterocycles. The van der Waals surface area contributed by atoms with E-state index in [0.29, 0.717) is 11.5 Å². The number of anilines is 2. The Morgan fingerprint density at radius 2 is 1.62 bits per heavy atom. The first-order chi connectivity index (χ1) is 15.6. The van der Waals surface area contributed by atoms with Gasteiger partial charge in [-0.15, -0.1) is 0 Å². The molecule has 0 bridgehead atoms. The Balaban J connectivity index is 1.55. The summed E-state index contributed by atoms with van der Waals surface area (Å²) in [4.78, 5) is 8.06. The van der Waals surface area contributed by atoms with E-state index >= 15 is 0 Å². The van der Waals surface area contributed by atoms with Crippen molar-refractivity contribution >= 4 is 11.4 Å². The molecule has 3 fully saturated rings. The van der Waals surface area contributed by atoms with Crippen molar-refractivity contribution in [3.63, 3.8) is 0 Å². The zero-order valence-electron chi connectivity index (χ0n) is 21.5. The fourth-order valence-corrected chi connectivity index (χ4v) is 6.74. The Morgan fingerprint density at radius 3 is 2.22 bits per heavy atom. The van der Waals surface area contributed by atoms with Crippen LogP contribution in [0.2, 0.25) is 0 Å². The second kappa shape index (κ2) is 10.8. The molecule has 0 unspecified atom stereocenters. The van der Waals surface area contributed by atoms with Crippen LogP contribution in [0.5, 0.6) is 0 Å². The Hall–Kier alpha value is -1.22. The van der Waals surface area contributed by atoms with E-state index in [9.17, 15) is 0 Å². The Kier molecular flexibility index (Phi) is 8.08. The minimum Gasteiger partial charge on any atom is -0.369 e. The van der Waals surface area contributed by atoms with Gasteiger partial charge in [-0.25, -0.2) is 0 Å². The second-order valence-electron chi connectivity index (χ2n) is 11.1. The first kappa shape index (κ1) is 23.9. The first-order valence-electron chi connectivity index (χ1n) is 14.0. The number of rotatable bonds is 8. The average molecular weight is 440 g/mol. The van der Waals surface area contributed by atoms with Crippen molar-refractivity contribution in [3.8, 4) is 0 Å². The molecule has 1 aromatic carbocycles. The third kappa shape index (κ3) is 5.13. The van der Waals surface area contributed by atoms with Crippen LogP contribution in [0.25, 0.3) is 0 Å². The SMILES string of the molecule is CCCCN1CCN(c2ccc(N3CCC[C@H]3C)cc2C2CCC(CC)(CC)CC2)CC1. The lowest BCUT2D eigenvalue weighted by molar-refractivity contribution is 0.159. The number of piperazine rings is 1. The molecule has 32 heavy (non-hydrogen) atoms. The van der Waals surface area contributed by atoms with Gasteiger partial charge >= 0.3 is 0 Å². The number of hydrogen-bond donors (Lipinski definition) is 0. The molecule has 0 aromatic heterocycles. The van der Waals surface area contributed by atoms with Gasteiger partial charge in [0, 0.05) is 50.1 Å². The highest BCUT2D eigenvalue weighted by molar-refractivity contribution is 5.64. The normalized spacial score (nSPS) is 24.9. The van der Waals surface area contributed by atoms with Gasteiger partial charge in [0.15, 0.2) is 0 Å². The monoisotopic (exact) mass is 439 g/mol. The number of hydrogen-bond acceptors (Lipinski definition) is 3. The molecular weight excluding hydrogens is 390 g/mol. The van der Waals surface area contributed by atoms with E-state index in [4.69, 9.17) is 0 Å². The maximum atomic E-state index is 2.72. The van der Waals surface area contributed by atoms with Crippen molar-refractivity contribution in [2.75, 3.05) is 49.1 Å². The maximum absolute atomic E-state index is 2.72. The van der Waals surface area contributed by atoms with Crippen molar-refractivity contribution < 1.29 is 0 Å². The summed E-state index contributed by atoms with van der Waals surface area (Å²) >= 11 is 0. The quantitative estimate of drug-likeness (QED) is 0.429. The molecule has 2 heterocycles. The number of unbranched alkanes of at least 4 members (excludes halogenated alkanes) is 1. The van der Waals surface area contributed by atoms with Crippen LogP contribution in [0.15, 0.2) is 18.2 Å². The van der Waals surface area contributed by atoms with E-state index in [-0.39, 0.29) is 0 Å². The van der Waals surface area contributed by atoms with Gasteiger partial charge in [0.05, 0.1) is 0 Å². The molecular formula is C29H49N3. The molecule has 0 spiro atoms. The largest absolute Gasteiger partial charge is 0.369 e. The van der Waals surface area contributed by atoms with Crippen molar-refractivity contribution in [1.82, 2.24) is 4.90 Å².